The molecule has 0 aliphatic heterocycles. The zero-order valence-electron chi connectivity index (χ0n) is 13.3. The molecule has 5 heteroatoms. The van der Waals surface area contributed by atoms with E-state index in [4.69, 9.17) is 3.32 Å². The van der Waals surface area contributed by atoms with E-state index in [1.807, 2.05) is 0 Å². The Morgan fingerprint density at radius 3 is 2.24 bits per heavy atom. The summed E-state index contributed by atoms with van der Waals surface area (Å²) in [5.74, 6) is 1.07. The summed E-state index contributed by atoms with van der Waals surface area (Å²) < 4.78 is 7.65. The maximum Gasteiger partial charge on any atom is -0.147 e. The van der Waals surface area contributed by atoms with Gasteiger partial charge in [-0.05, 0) is 0 Å². The van der Waals surface area contributed by atoms with Gasteiger partial charge in [0.15, 0.2) is 0 Å². The van der Waals surface area contributed by atoms with Crippen LogP contribution in [0.25, 0.3) is 0 Å². The summed E-state index contributed by atoms with van der Waals surface area (Å²) >= 11 is -0.469. The summed E-state index contributed by atoms with van der Waals surface area (Å²) in [5, 5.41) is 1.49. The molecule has 2 rings (SSSR count). The number of hydrogen-bond donors (Lipinski definition) is 0. The Morgan fingerprint density at radius 2 is 1.71 bits per heavy atom. The van der Waals surface area contributed by atoms with Crippen molar-refractivity contribution in [3.63, 3.8) is 0 Å². The van der Waals surface area contributed by atoms with E-state index in [0.29, 0.717) is 0 Å². The maximum atomic E-state index is 6.13. The molecule has 0 atom stereocenters. The van der Waals surface area contributed by atoms with Gasteiger partial charge in [-0.1, -0.05) is 0 Å². The van der Waals surface area contributed by atoms with Gasteiger partial charge in [-0.3, -0.25) is 0 Å². The maximum absolute atomic E-state index is 6.13. The van der Waals surface area contributed by atoms with Crippen LogP contribution >= 0.6 is 24.8 Å². The van der Waals surface area contributed by atoms with Crippen LogP contribution in [0.4, 0.5) is 0 Å². The topological polar surface area (TPSA) is 9.23 Å². The molecular weight excluding hydrogens is 355 g/mol. The summed E-state index contributed by atoms with van der Waals surface area (Å²) in [7, 11) is -1.26. The van der Waals surface area contributed by atoms with Gasteiger partial charge in [0.05, 0.1) is 0 Å². The number of hydrogen-bond acceptors (Lipinski definition) is 1. The van der Waals surface area contributed by atoms with E-state index in [-0.39, 0.29) is 24.8 Å². The first-order valence-electron chi connectivity index (χ1n) is 6.77. The Kier molecular flexibility index (Phi) is 8.60. The normalized spacial score (nSPS) is 13.6. The Labute approximate surface area is 151 Å². The van der Waals surface area contributed by atoms with Gasteiger partial charge in [0.25, 0.3) is 0 Å². The third-order valence-corrected chi connectivity index (χ3v) is 7.24. The zero-order chi connectivity index (χ0) is 14.0. The van der Waals surface area contributed by atoms with Gasteiger partial charge < -0.3 is 0 Å². The van der Waals surface area contributed by atoms with Crippen LogP contribution in [0.1, 0.15) is 18.9 Å². The smallest absolute Gasteiger partial charge is 0.147 e. The fourth-order valence-corrected chi connectivity index (χ4v) is 4.59. The van der Waals surface area contributed by atoms with Crippen LogP contribution in [0.2, 0.25) is 19.6 Å². The van der Waals surface area contributed by atoms with Gasteiger partial charge in [0.1, 0.15) is 0 Å². The minimum absolute atomic E-state index is 0. The Bertz CT molecular complexity index is 548. The zero-order valence-corrected chi connectivity index (χ0v) is 17.5. The molecule has 1 aliphatic rings. The molecule has 1 aliphatic carbocycles. The van der Waals surface area contributed by atoms with Crippen molar-refractivity contribution in [1.29, 1.82) is 0 Å². The molecule has 0 bridgehead atoms. The molecule has 0 heterocycles. The van der Waals surface area contributed by atoms with E-state index in [1.54, 1.807) is 0 Å². The minimum Gasteiger partial charge on any atom is -0.147 e. The quantitative estimate of drug-likeness (QED) is 0.670. The molecule has 0 N–H and O–H groups in total. The molecule has 0 aromatic heterocycles. The van der Waals surface area contributed by atoms with Crippen molar-refractivity contribution in [3.8, 4) is 5.75 Å². The van der Waals surface area contributed by atoms with Gasteiger partial charge in [-0.25, -0.2) is 0 Å². The van der Waals surface area contributed by atoms with Gasteiger partial charge in [0, 0.05) is 0 Å². The first kappa shape index (κ1) is 21.0. The SMILES string of the molecule is CC1=[C]([Ti][O]c2cc(C)cc([Si](C)(C)C)c2)CC=C1.Cl.Cl. The summed E-state index contributed by atoms with van der Waals surface area (Å²) in [6.07, 6.45) is 5.55. The van der Waals surface area contributed by atoms with Crippen molar-refractivity contribution >= 4 is 38.1 Å². The van der Waals surface area contributed by atoms with Gasteiger partial charge >= 0.3 is 127 Å². The summed E-state index contributed by atoms with van der Waals surface area (Å²) in [4.78, 5) is 0. The molecular formula is C16H24Cl2OSiTi. The second-order valence-electron chi connectivity index (χ2n) is 6.26. The predicted molar refractivity (Wildman–Crippen MR) is 95.7 cm³/mol. The van der Waals surface area contributed by atoms with Crippen LogP contribution < -0.4 is 8.51 Å². The molecule has 0 spiro atoms. The third kappa shape index (κ3) is 5.96. The fraction of sp³-hybridized carbons (Fsp3) is 0.375. The molecule has 116 valence electrons. The molecule has 1 aromatic rings. The Hall–Kier alpha value is 0.0112. The van der Waals surface area contributed by atoms with Crippen molar-refractivity contribution in [2.75, 3.05) is 0 Å². The van der Waals surface area contributed by atoms with Gasteiger partial charge in [0.2, 0.25) is 0 Å². The molecule has 0 unspecified atom stereocenters. The van der Waals surface area contributed by atoms with Crippen LogP contribution in [0.15, 0.2) is 39.8 Å². The first-order chi connectivity index (χ1) is 8.86. The van der Waals surface area contributed by atoms with Gasteiger partial charge in [-0.2, -0.15) is 0 Å². The van der Waals surface area contributed by atoms with Crippen molar-refractivity contribution in [2.45, 2.75) is 39.9 Å². The molecule has 0 saturated carbocycles. The Morgan fingerprint density at radius 1 is 1.05 bits per heavy atom. The Balaban J connectivity index is 0.00000200. The number of halogens is 2. The number of rotatable bonds is 4. The summed E-state index contributed by atoms with van der Waals surface area (Å²) in [6.45, 7) is 11.5. The van der Waals surface area contributed by atoms with E-state index < -0.39 is 27.6 Å². The van der Waals surface area contributed by atoms with Crippen molar-refractivity contribution < 1.29 is 22.9 Å². The van der Waals surface area contributed by atoms with Crippen LogP contribution in [-0.4, -0.2) is 8.07 Å². The number of benzene rings is 1. The molecule has 1 nitrogen and oxygen atoms in total. The van der Waals surface area contributed by atoms with E-state index in [0.717, 1.165) is 12.2 Å². The van der Waals surface area contributed by atoms with Gasteiger partial charge in [-0.15, -0.1) is 24.8 Å². The predicted octanol–water partition coefficient (Wildman–Crippen LogP) is 4.99. The second-order valence-corrected chi connectivity index (χ2v) is 12.9. The molecule has 0 fully saturated rings. The molecule has 1 aromatic carbocycles. The standard InChI is InChI=1S/C10H16OSi.C6H7.2ClH.Ti/c1-8-5-9(11)7-10(6-8)12(2,3)4;1-6-4-2-3-5-6;;;/h5-7,11H,1-4H3;2,4H,3H2,1H3;2*1H;/q;;;;+1/p-1. The monoisotopic (exact) mass is 378 g/mol. The van der Waals surface area contributed by atoms with Crippen molar-refractivity contribution in [1.82, 2.24) is 0 Å². The minimum atomic E-state index is -1.26. The largest absolute Gasteiger partial charge is 0.147 e. The first-order valence-corrected chi connectivity index (χ1v) is 11.7. The van der Waals surface area contributed by atoms with Crippen LogP contribution in [0.3, 0.4) is 0 Å². The van der Waals surface area contributed by atoms with E-state index in [1.165, 1.54) is 20.2 Å². The molecule has 21 heavy (non-hydrogen) atoms. The van der Waals surface area contributed by atoms with E-state index >= 15 is 0 Å². The average molecular weight is 379 g/mol. The van der Waals surface area contributed by atoms with Crippen LogP contribution in [0, 0.1) is 6.92 Å². The van der Waals surface area contributed by atoms with E-state index in [9.17, 15) is 0 Å². The fourth-order valence-electron chi connectivity index (χ4n) is 2.10. The van der Waals surface area contributed by atoms with Crippen molar-refractivity contribution in [2.24, 2.45) is 0 Å². The second kappa shape index (κ2) is 8.59. The van der Waals surface area contributed by atoms with Crippen LogP contribution in [-0.2, 0) is 19.5 Å². The molecule has 0 amide bonds. The third-order valence-electron chi connectivity index (χ3n) is 3.37. The summed E-state index contributed by atoms with van der Waals surface area (Å²) in [5.41, 5.74) is 2.73. The molecule has 0 saturated heterocycles. The summed E-state index contributed by atoms with van der Waals surface area (Å²) in [6, 6.07) is 6.76. The average Bonchev–Trinajstić information content (AvgIpc) is 2.70. The number of aryl methyl sites for hydroxylation is 1. The van der Waals surface area contributed by atoms with E-state index in [2.05, 4.69) is 63.8 Å². The molecule has 0 radical (unpaired) electrons. The van der Waals surface area contributed by atoms with Crippen LogP contribution in [0.5, 0.6) is 5.75 Å². The number of allylic oxidation sites excluding steroid dienone is 4. The van der Waals surface area contributed by atoms with Crippen molar-refractivity contribution in [3.05, 3.63) is 45.4 Å².